The molecule has 0 amide bonds. The third-order valence-corrected chi connectivity index (χ3v) is 4.73. The molecule has 0 radical (unpaired) electrons. The van der Waals surface area contributed by atoms with Crippen LogP contribution in [0.3, 0.4) is 0 Å². The van der Waals surface area contributed by atoms with E-state index in [9.17, 15) is 5.11 Å². The Balaban J connectivity index is 2.00. The summed E-state index contributed by atoms with van der Waals surface area (Å²) in [5.74, 6) is 0. The van der Waals surface area contributed by atoms with E-state index in [0.29, 0.717) is 0 Å². The normalized spacial score (nSPS) is 21.5. The molecule has 1 aromatic carbocycles. The molecule has 104 valence electrons. The van der Waals surface area contributed by atoms with Crippen molar-refractivity contribution in [2.24, 2.45) is 0 Å². The molecular weight excluding hydrogens is 314 g/mol. The van der Waals surface area contributed by atoms with Gasteiger partial charge in [-0.05, 0) is 64.4 Å². The first-order valence-corrected chi connectivity index (χ1v) is 7.81. The maximum atomic E-state index is 10.1. The van der Waals surface area contributed by atoms with E-state index in [1.54, 1.807) is 6.20 Å². The number of rotatable bonds is 3. The van der Waals surface area contributed by atoms with Gasteiger partial charge in [0, 0.05) is 22.3 Å². The van der Waals surface area contributed by atoms with Crippen LogP contribution in [0.25, 0.3) is 0 Å². The molecule has 0 saturated carbocycles. The molecule has 0 bridgehead atoms. The van der Waals surface area contributed by atoms with Crippen LogP contribution >= 0.6 is 15.9 Å². The minimum atomic E-state index is -0.155. The fourth-order valence-electron chi connectivity index (χ4n) is 3.35. The van der Waals surface area contributed by atoms with Crippen molar-refractivity contribution in [2.45, 2.75) is 31.1 Å². The van der Waals surface area contributed by atoms with Gasteiger partial charge in [-0.2, -0.15) is 0 Å². The molecule has 1 atom stereocenters. The fraction of sp³-hybridized carbons (Fsp3) is 0.353. The summed E-state index contributed by atoms with van der Waals surface area (Å²) in [5.41, 5.74) is 3.71. The number of aliphatic hydroxyl groups is 1. The minimum absolute atomic E-state index is 0.155. The van der Waals surface area contributed by atoms with Crippen molar-refractivity contribution >= 4 is 15.9 Å². The zero-order valence-electron chi connectivity index (χ0n) is 11.3. The first kappa shape index (κ1) is 13.8. The predicted octanol–water partition coefficient (Wildman–Crippen LogP) is 3.65. The number of benzene rings is 1. The van der Waals surface area contributed by atoms with Crippen molar-refractivity contribution in [1.82, 2.24) is 4.98 Å². The predicted molar refractivity (Wildman–Crippen MR) is 83.8 cm³/mol. The Morgan fingerprint density at radius 2 is 2.10 bits per heavy atom. The van der Waals surface area contributed by atoms with E-state index in [1.165, 1.54) is 16.7 Å². The van der Waals surface area contributed by atoms with Crippen LogP contribution in [0.4, 0.5) is 0 Å². The van der Waals surface area contributed by atoms with Crippen molar-refractivity contribution in [3.8, 4) is 0 Å². The van der Waals surface area contributed by atoms with Crippen LogP contribution in [0.5, 0.6) is 0 Å². The van der Waals surface area contributed by atoms with Gasteiger partial charge in [-0.1, -0.05) is 24.3 Å². The average Bonchev–Trinajstić information content (AvgIpc) is 2.47. The number of hydrogen-bond acceptors (Lipinski definition) is 2. The van der Waals surface area contributed by atoms with E-state index >= 15 is 0 Å². The Morgan fingerprint density at radius 1 is 1.25 bits per heavy atom. The van der Waals surface area contributed by atoms with Crippen LogP contribution in [-0.2, 0) is 18.3 Å². The van der Waals surface area contributed by atoms with Crippen LogP contribution in [0.1, 0.15) is 29.5 Å². The summed E-state index contributed by atoms with van der Waals surface area (Å²) in [6.45, 7) is 0.191. The minimum Gasteiger partial charge on any atom is -0.395 e. The zero-order valence-corrected chi connectivity index (χ0v) is 12.9. The largest absolute Gasteiger partial charge is 0.395 e. The highest BCUT2D eigenvalue weighted by molar-refractivity contribution is 9.10. The smallest absolute Gasteiger partial charge is 0.0531 e. The second-order valence-corrected chi connectivity index (χ2v) is 6.55. The Bertz CT molecular complexity index is 613. The molecule has 3 heteroatoms. The van der Waals surface area contributed by atoms with E-state index in [-0.39, 0.29) is 12.0 Å². The fourth-order valence-corrected chi connectivity index (χ4v) is 3.77. The van der Waals surface area contributed by atoms with Gasteiger partial charge in [0.1, 0.15) is 0 Å². The summed E-state index contributed by atoms with van der Waals surface area (Å²) >= 11 is 3.47. The summed E-state index contributed by atoms with van der Waals surface area (Å²) in [5, 5.41) is 10.1. The second-order valence-electron chi connectivity index (χ2n) is 5.64. The summed E-state index contributed by atoms with van der Waals surface area (Å²) < 4.78 is 0.993. The van der Waals surface area contributed by atoms with Crippen LogP contribution in [-0.4, -0.2) is 16.7 Å². The van der Waals surface area contributed by atoms with Crippen LogP contribution in [0, 0.1) is 0 Å². The lowest BCUT2D eigenvalue weighted by Gasteiger charge is -2.38. The van der Waals surface area contributed by atoms with Gasteiger partial charge in [0.25, 0.3) is 0 Å². The lowest BCUT2D eigenvalue weighted by atomic mass is 9.67. The average molecular weight is 332 g/mol. The summed E-state index contributed by atoms with van der Waals surface area (Å²) in [7, 11) is 0. The number of aryl methyl sites for hydroxylation is 1. The number of halogens is 1. The number of aliphatic hydroxyl groups excluding tert-OH is 1. The van der Waals surface area contributed by atoms with Crippen molar-refractivity contribution in [3.05, 3.63) is 63.9 Å². The number of pyridine rings is 1. The maximum Gasteiger partial charge on any atom is 0.0531 e. The van der Waals surface area contributed by atoms with Gasteiger partial charge in [0.2, 0.25) is 0 Å². The van der Waals surface area contributed by atoms with E-state index < -0.39 is 0 Å². The van der Waals surface area contributed by atoms with Gasteiger partial charge in [-0.15, -0.1) is 0 Å². The molecule has 2 nitrogen and oxygen atoms in total. The van der Waals surface area contributed by atoms with E-state index in [0.717, 1.165) is 30.2 Å². The third-order valence-electron chi connectivity index (χ3n) is 4.30. The molecule has 1 aliphatic rings. The molecule has 3 rings (SSSR count). The zero-order chi connectivity index (χ0) is 14.0. The molecule has 0 saturated heterocycles. The summed E-state index contributed by atoms with van der Waals surface area (Å²) in [6, 6.07) is 10.6. The Hall–Kier alpha value is -1.19. The van der Waals surface area contributed by atoms with Crippen LogP contribution in [0.15, 0.2) is 47.2 Å². The van der Waals surface area contributed by atoms with Gasteiger partial charge in [0.05, 0.1) is 6.61 Å². The Kier molecular flexibility index (Phi) is 3.90. The molecule has 20 heavy (non-hydrogen) atoms. The van der Waals surface area contributed by atoms with Crippen LogP contribution in [0.2, 0.25) is 0 Å². The highest BCUT2D eigenvalue weighted by Gasteiger charge is 2.36. The highest BCUT2D eigenvalue weighted by atomic mass is 79.9. The monoisotopic (exact) mass is 331 g/mol. The quantitative estimate of drug-likeness (QED) is 0.931. The first-order chi connectivity index (χ1) is 9.73. The number of fused-ring (bicyclic) bond motifs is 1. The standard InChI is InChI=1S/C17H18BrNO/c18-15-8-13(10-19-11-15)9-17(12-20)7-3-5-14-4-1-2-6-16(14)17/h1-2,4,6,8,10-11,20H,3,5,7,9,12H2. The maximum absolute atomic E-state index is 10.1. The number of nitrogens with zero attached hydrogens (tertiary/aromatic N) is 1. The van der Waals surface area contributed by atoms with Crippen molar-refractivity contribution in [2.75, 3.05) is 6.61 Å². The molecule has 0 spiro atoms. The van der Waals surface area contributed by atoms with Gasteiger partial charge in [-0.25, -0.2) is 0 Å². The Morgan fingerprint density at radius 3 is 2.90 bits per heavy atom. The van der Waals surface area contributed by atoms with E-state index in [2.05, 4.69) is 51.2 Å². The van der Waals surface area contributed by atoms with Gasteiger partial charge < -0.3 is 5.11 Å². The number of aromatic nitrogens is 1. The van der Waals surface area contributed by atoms with Crippen molar-refractivity contribution in [1.29, 1.82) is 0 Å². The Labute approximate surface area is 128 Å². The first-order valence-electron chi connectivity index (χ1n) is 7.02. The van der Waals surface area contributed by atoms with E-state index in [1.807, 2.05) is 6.20 Å². The lowest BCUT2D eigenvalue weighted by Crippen LogP contribution is -2.37. The summed E-state index contributed by atoms with van der Waals surface area (Å²) in [6.07, 6.45) is 7.83. The molecule has 1 heterocycles. The third kappa shape index (κ3) is 2.52. The molecule has 1 unspecified atom stereocenters. The van der Waals surface area contributed by atoms with Gasteiger partial charge in [0.15, 0.2) is 0 Å². The lowest BCUT2D eigenvalue weighted by molar-refractivity contribution is 0.173. The van der Waals surface area contributed by atoms with Crippen molar-refractivity contribution in [3.63, 3.8) is 0 Å². The molecule has 0 aliphatic heterocycles. The number of hydrogen-bond donors (Lipinski definition) is 1. The molecule has 0 fully saturated rings. The van der Waals surface area contributed by atoms with Crippen molar-refractivity contribution < 1.29 is 5.11 Å². The molecule has 1 aromatic heterocycles. The SMILES string of the molecule is OCC1(Cc2cncc(Br)c2)CCCc2ccccc21. The van der Waals surface area contributed by atoms with Gasteiger partial charge >= 0.3 is 0 Å². The second kappa shape index (κ2) is 5.66. The van der Waals surface area contributed by atoms with Gasteiger partial charge in [-0.3, -0.25) is 4.98 Å². The molecule has 2 aromatic rings. The topological polar surface area (TPSA) is 33.1 Å². The molecule has 1 aliphatic carbocycles. The highest BCUT2D eigenvalue weighted by Crippen LogP contribution is 2.39. The molecular formula is C17H18BrNO. The van der Waals surface area contributed by atoms with E-state index in [4.69, 9.17) is 0 Å². The molecule has 1 N–H and O–H groups in total. The van der Waals surface area contributed by atoms with Crippen LogP contribution < -0.4 is 0 Å². The summed E-state index contributed by atoms with van der Waals surface area (Å²) in [4.78, 5) is 4.24.